The maximum Gasteiger partial charge on any atom is 0.195 e. The third-order valence-corrected chi connectivity index (χ3v) is 5.59. The Morgan fingerprint density at radius 1 is 1.56 bits per heavy atom. The van der Waals surface area contributed by atoms with Crippen molar-refractivity contribution in [2.45, 2.75) is 49.3 Å². The van der Waals surface area contributed by atoms with Crippen LogP contribution in [0.25, 0.3) is 0 Å². The van der Waals surface area contributed by atoms with Crippen molar-refractivity contribution in [1.29, 1.82) is 0 Å². The van der Waals surface area contributed by atoms with Crippen LogP contribution in [-0.4, -0.2) is 25.8 Å². The van der Waals surface area contributed by atoms with Crippen LogP contribution in [-0.2, 0) is 6.54 Å². The second-order valence-electron chi connectivity index (χ2n) is 4.99. The molecular formula is C11H17N3S2. The molecule has 2 saturated carbocycles. The molecule has 0 amide bonds. The van der Waals surface area contributed by atoms with Gasteiger partial charge in [-0.25, -0.2) is 0 Å². The first-order chi connectivity index (χ1) is 7.74. The molecular weight excluding hydrogens is 238 g/mol. The minimum absolute atomic E-state index is 0.436. The Morgan fingerprint density at radius 2 is 2.31 bits per heavy atom. The Morgan fingerprint density at radius 3 is 2.81 bits per heavy atom. The fourth-order valence-electron chi connectivity index (χ4n) is 2.42. The summed E-state index contributed by atoms with van der Waals surface area (Å²) in [6.45, 7) is 1.05. The third kappa shape index (κ3) is 1.74. The number of H-pyrrole nitrogens is 1. The zero-order valence-corrected chi connectivity index (χ0v) is 11.2. The summed E-state index contributed by atoms with van der Waals surface area (Å²) in [6, 6.07) is 0. The molecule has 0 aliphatic heterocycles. The van der Waals surface area contributed by atoms with Gasteiger partial charge in [0.1, 0.15) is 5.82 Å². The second-order valence-corrected chi connectivity index (χ2v) is 6.65. The van der Waals surface area contributed by atoms with Gasteiger partial charge < -0.3 is 4.57 Å². The lowest BCUT2D eigenvalue weighted by atomic mass is 9.84. The monoisotopic (exact) mass is 255 g/mol. The molecule has 2 aliphatic carbocycles. The molecule has 1 heterocycles. The average Bonchev–Trinajstić information content (AvgIpc) is 2.99. The molecule has 5 heteroatoms. The minimum atomic E-state index is 0.436. The van der Waals surface area contributed by atoms with Crippen LogP contribution in [0, 0.1) is 4.77 Å². The van der Waals surface area contributed by atoms with Gasteiger partial charge in [-0.15, -0.1) is 0 Å². The first-order valence-corrected chi connectivity index (χ1v) is 7.58. The van der Waals surface area contributed by atoms with E-state index in [1.54, 1.807) is 0 Å². The fourth-order valence-corrected chi connectivity index (χ4v) is 3.58. The maximum atomic E-state index is 5.34. The number of aromatic nitrogens is 3. The quantitative estimate of drug-likeness (QED) is 0.839. The van der Waals surface area contributed by atoms with Crippen molar-refractivity contribution >= 4 is 24.0 Å². The molecule has 1 aromatic rings. The van der Waals surface area contributed by atoms with Crippen LogP contribution in [0.4, 0.5) is 0 Å². The molecule has 1 aromatic heterocycles. The van der Waals surface area contributed by atoms with E-state index >= 15 is 0 Å². The van der Waals surface area contributed by atoms with Gasteiger partial charge in [0.15, 0.2) is 4.77 Å². The van der Waals surface area contributed by atoms with Crippen molar-refractivity contribution in [3.8, 4) is 0 Å². The summed E-state index contributed by atoms with van der Waals surface area (Å²) in [5.74, 6) is 1.87. The van der Waals surface area contributed by atoms with Gasteiger partial charge in [-0.2, -0.15) is 16.9 Å². The number of nitrogens with zero attached hydrogens (tertiary/aromatic N) is 2. The molecule has 0 atom stereocenters. The van der Waals surface area contributed by atoms with E-state index in [1.807, 2.05) is 11.8 Å². The molecule has 3 rings (SSSR count). The van der Waals surface area contributed by atoms with E-state index in [1.165, 1.54) is 37.9 Å². The smallest absolute Gasteiger partial charge is 0.195 e. The standard InChI is InChI=1S/C11H17N3S2/c1-16-11(5-2-6-11)7-14-9(8-3-4-8)12-13-10(14)15/h8H,2-7H2,1H3,(H,13,15). The van der Waals surface area contributed by atoms with Gasteiger partial charge in [-0.05, 0) is 44.2 Å². The normalized spacial score (nSPS) is 23.1. The van der Waals surface area contributed by atoms with Gasteiger partial charge in [0.2, 0.25) is 0 Å². The summed E-state index contributed by atoms with van der Waals surface area (Å²) in [4.78, 5) is 0. The topological polar surface area (TPSA) is 33.6 Å². The lowest BCUT2D eigenvalue weighted by molar-refractivity contribution is 0.317. The molecule has 0 saturated heterocycles. The van der Waals surface area contributed by atoms with Crippen molar-refractivity contribution in [1.82, 2.24) is 14.8 Å². The number of hydrogen-bond acceptors (Lipinski definition) is 3. The van der Waals surface area contributed by atoms with Crippen LogP contribution in [0.2, 0.25) is 0 Å². The van der Waals surface area contributed by atoms with Gasteiger partial charge in [0.05, 0.1) is 0 Å². The average molecular weight is 255 g/mol. The maximum absolute atomic E-state index is 5.34. The third-order valence-electron chi connectivity index (χ3n) is 3.87. The first kappa shape index (κ1) is 10.8. The van der Waals surface area contributed by atoms with Gasteiger partial charge in [-0.1, -0.05) is 6.42 Å². The highest BCUT2D eigenvalue weighted by Gasteiger charge is 2.38. The van der Waals surface area contributed by atoms with E-state index in [0.717, 1.165) is 11.3 Å². The minimum Gasteiger partial charge on any atom is -0.303 e. The van der Waals surface area contributed by atoms with E-state index in [9.17, 15) is 0 Å². The molecule has 0 spiro atoms. The molecule has 2 aliphatic rings. The summed E-state index contributed by atoms with van der Waals surface area (Å²) in [6.07, 6.45) is 8.80. The lowest BCUT2D eigenvalue weighted by Crippen LogP contribution is -2.38. The Hall–Kier alpha value is -0.290. The number of aromatic amines is 1. The summed E-state index contributed by atoms with van der Waals surface area (Å²) >= 11 is 7.34. The van der Waals surface area contributed by atoms with E-state index in [-0.39, 0.29) is 0 Å². The molecule has 0 bridgehead atoms. The molecule has 0 unspecified atom stereocenters. The van der Waals surface area contributed by atoms with Gasteiger partial charge in [0, 0.05) is 17.2 Å². The predicted molar refractivity (Wildman–Crippen MR) is 69.5 cm³/mol. The lowest BCUT2D eigenvalue weighted by Gasteiger charge is -2.40. The number of rotatable bonds is 4. The second kappa shape index (κ2) is 3.88. The molecule has 0 radical (unpaired) electrons. The van der Waals surface area contributed by atoms with Crippen molar-refractivity contribution in [3.63, 3.8) is 0 Å². The van der Waals surface area contributed by atoms with E-state index in [0.29, 0.717) is 10.7 Å². The van der Waals surface area contributed by atoms with Crippen LogP contribution in [0.3, 0.4) is 0 Å². The molecule has 16 heavy (non-hydrogen) atoms. The SMILES string of the molecule is CSC1(Cn2c(C3CC3)n[nH]c2=S)CCC1. The Labute approximate surface area is 105 Å². The molecule has 1 N–H and O–H groups in total. The largest absolute Gasteiger partial charge is 0.303 e. The number of nitrogens with one attached hydrogen (secondary N) is 1. The van der Waals surface area contributed by atoms with Crippen molar-refractivity contribution in [3.05, 3.63) is 10.6 Å². The van der Waals surface area contributed by atoms with Crippen molar-refractivity contribution in [2.24, 2.45) is 0 Å². The van der Waals surface area contributed by atoms with Crippen molar-refractivity contribution < 1.29 is 0 Å². The Bertz CT molecular complexity index is 435. The fraction of sp³-hybridized carbons (Fsp3) is 0.818. The Kier molecular flexibility index (Phi) is 2.63. The predicted octanol–water partition coefficient (Wildman–Crippen LogP) is 3.10. The molecule has 3 nitrogen and oxygen atoms in total. The van der Waals surface area contributed by atoms with Crippen LogP contribution < -0.4 is 0 Å². The number of hydrogen-bond donors (Lipinski definition) is 1. The van der Waals surface area contributed by atoms with Crippen LogP contribution >= 0.6 is 24.0 Å². The summed E-state index contributed by atoms with van der Waals surface area (Å²) < 4.78 is 3.50. The highest BCUT2D eigenvalue weighted by molar-refractivity contribution is 8.00. The summed E-state index contributed by atoms with van der Waals surface area (Å²) in [5, 5.41) is 7.35. The van der Waals surface area contributed by atoms with Crippen LogP contribution in [0.1, 0.15) is 43.8 Å². The zero-order valence-electron chi connectivity index (χ0n) is 9.53. The zero-order chi connectivity index (χ0) is 11.2. The van der Waals surface area contributed by atoms with Gasteiger partial charge in [-0.3, -0.25) is 5.10 Å². The Balaban J connectivity index is 1.87. The van der Waals surface area contributed by atoms with Crippen molar-refractivity contribution in [2.75, 3.05) is 6.26 Å². The van der Waals surface area contributed by atoms with Gasteiger partial charge >= 0.3 is 0 Å². The van der Waals surface area contributed by atoms with E-state index < -0.39 is 0 Å². The molecule has 0 aromatic carbocycles. The van der Waals surface area contributed by atoms with Crippen LogP contribution in [0.5, 0.6) is 0 Å². The highest BCUT2D eigenvalue weighted by Crippen LogP contribution is 2.45. The summed E-state index contributed by atoms with van der Waals surface area (Å²) in [5.41, 5.74) is 0. The molecule has 88 valence electrons. The first-order valence-electron chi connectivity index (χ1n) is 5.94. The van der Waals surface area contributed by atoms with E-state index in [2.05, 4.69) is 21.0 Å². The highest BCUT2D eigenvalue weighted by atomic mass is 32.2. The van der Waals surface area contributed by atoms with E-state index in [4.69, 9.17) is 12.2 Å². The van der Waals surface area contributed by atoms with Crippen LogP contribution in [0.15, 0.2) is 0 Å². The number of thioether (sulfide) groups is 1. The molecule has 2 fully saturated rings. The van der Waals surface area contributed by atoms with Gasteiger partial charge in [0.25, 0.3) is 0 Å². The summed E-state index contributed by atoms with van der Waals surface area (Å²) in [7, 11) is 0.